The Kier molecular flexibility index (Phi) is 4.89. The van der Waals surface area contributed by atoms with Crippen LogP contribution in [0.2, 0.25) is 0 Å². The molecular weight excluding hydrogens is 430 g/mol. The first kappa shape index (κ1) is 20.3. The normalized spacial score (nSPS) is 13.3. The van der Waals surface area contributed by atoms with E-state index in [2.05, 4.69) is 10.3 Å². The number of aromatic nitrogens is 2. The lowest BCUT2D eigenvalue weighted by atomic mass is 10.1. The van der Waals surface area contributed by atoms with Crippen molar-refractivity contribution >= 4 is 27.7 Å². The minimum absolute atomic E-state index is 0.0792. The van der Waals surface area contributed by atoms with Gasteiger partial charge in [-0.1, -0.05) is 48.5 Å². The predicted octanol–water partition coefficient (Wildman–Crippen LogP) is 4.58. The number of H-pyrrole nitrogens is 1. The molecule has 0 bridgehead atoms. The second-order valence-electron chi connectivity index (χ2n) is 8.15. The van der Waals surface area contributed by atoms with Crippen LogP contribution in [0, 0.1) is 0 Å². The molecule has 1 aliphatic rings. The second-order valence-corrected chi connectivity index (χ2v) is 8.15. The molecule has 3 aromatic carbocycles. The standard InChI is InChI=1S/C27H21N3O4/c31-22(16-6-2-1-3-7-16)14-28-27(32)21-13-19-18-8-4-5-9-20(18)29-26(19)25(30-21)17-10-11-23-24(12-17)34-15-33-23/h1-13,22,29,31H,14-15H2,(H,28,32). The lowest BCUT2D eigenvalue weighted by Crippen LogP contribution is -2.29. The molecule has 0 saturated heterocycles. The summed E-state index contributed by atoms with van der Waals surface area (Å²) >= 11 is 0. The maximum atomic E-state index is 13.1. The van der Waals surface area contributed by atoms with Crippen LogP contribution in [0.25, 0.3) is 33.1 Å². The number of benzene rings is 3. The van der Waals surface area contributed by atoms with Gasteiger partial charge in [0.15, 0.2) is 11.5 Å². The Balaban J connectivity index is 1.41. The number of para-hydroxylation sites is 1. The molecule has 0 aliphatic carbocycles. The van der Waals surface area contributed by atoms with Gasteiger partial charge in [0, 0.05) is 28.4 Å². The van der Waals surface area contributed by atoms with Crippen molar-refractivity contribution in [1.29, 1.82) is 0 Å². The van der Waals surface area contributed by atoms with E-state index in [9.17, 15) is 9.90 Å². The van der Waals surface area contributed by atoms with E-state index in [0.717, 1.165) is 32.9 Å². The van der Waals surface area contributed by atoms with E-state index < -0.39 is 6.10 Å². The molecule has 6 rings (SSSR count). The number of aliphatic hydroxyl groups excluding tert-OH is 1. The van der Waals surface area contributed by atoms with Gasteiger partial charge in [0.1, 0.15) is 5.69 Å². The quantitative estimate of drug-likeness (QED) is 0.364. The summed E-state index contributed by atoms with van der Waals surface area (Å²) in [5, 5.41) is 15.2. The van der Waals surface area contributed by atoms with Crippen LogP contribution in [0.5, 0.6) is 11.5 Å². The van der Waals surface area contributed by atoms with Crippen molar-refractivity contribution < 1.29 is 19.4 Å². The zero-order valence-electron chi connectivity index (χ0n) is 18.1. The van der Waals surface area contributed by atoms with Crippen molar-refractivity contribution in [2.75, 3.05) is 13.3 Å². The first-order chi connectivity index (χ1) is 16.7. The van der Waals surface area contributed by atoms with Crippen molar-refractivity contribution in [1.82, 2.24) is 15.3 Å². The summed E-state index contributed by atoms with van der Waals surface area (Å²) in [5.41, 5.74) is 4.24. The number of aliphatic hydroxyl groups is 1. The SMILES string of the molecule is O=C(NCC(O)c1ccccc1)c1cc2c([nH]c3ccccc32)c(-c2ccc3c(c2)OCO3)n1. The van der Waals surface area contributed by atoms with Gasteiger partial charge >= 0.3 is 0 Å². The molecule has 0 saturated carbocycles. The monoisotopic (exact) mass is 451 g/mol. The molecule has 1 atom stereocenters. The van der Waals surface area contributed by atoms with E-state index in [-0.39, 0.29) is 24.9 Å². The van der Waals surface area contributed by atoms with E-state index >= 15 is 0 Å². The number of hydrogen-bond acceptors (Lipinski definition) is 5. The predicted molar refractivity (Wildman–Crippen MR) is 129 cm³/mol. The van der Waals surface area contributed by atoms with Gasteiger partial charge in [0.25, 0.3) is 5.91 Å². The highest BCUT2D eigenvalue weighted by molar-refractivity contribution is 6.13. The highest BCUT2D eigenvalue weighted by atomic mass is 16.7. The fourth-order valence-corrected chi connectivity index (χ4v) is 4.29. The molecule has 0 fully saturated rings. The number of aromatic amines is 1. The summed E-state index contributed by atoms with van der Waals surface area (Å²) in [6, 6.07) is 24.6. The van der Waals surface area contributed by atoms with Gasteiger partial charge in [-0.05, 0) is 35.9 Å². The van der Waals surface area contributed by atoms with Crippen LogP contribution < -0.4 is 14.8 Å². The largest absolute Gasteiger partial charge is 0.454 e. The van der Waals surface area contributed by atoms with Crippen LogP contribution in [0.1, 0.15) is 22.2 Å². The minimum atomic E-state index is -0.810. The van der Waals surface area contributed by atoms with Crippen molar-refractivity contribution in [3.8, 4) is 22.8 Å². The summed E-state index contributed by atoms with van der Waals surface area (Å²) in [4.78, 5) is 21.3. The summed E-state index contributed by atoms with van der Waals surface area (Å²) < 4.78 is 11.0. The van der Waals surface area contributed by atoms with Crippen LogP contribution in [-0.4, -0.2) is 34.3 Å². The van der Waals surface area contributed by atoms with Crippen LogP contribution in [0.15, 0.2) is 78.9 Å². The van der Waals surface area contributed by atoms with Gasteiger partial charge in [-0.2, -0.15) is 0 Å². The van der Waals surface area contributed by atoms with Gasteiger partial charge in [-0.3, -0.25) is 4.79 Å². The third-order valence-corrected chi connectivity index (χ3v) is 6.02. The van der Waals surface area contributed by atoms with E-state index in [1.165, 1.54) is 0 Å². The number of amides is 1. The molecule has 1 unspecified atom stereocenters. The lowest BCUT2D eigenvalue weighted by Gasteiger charge is -2.13. The van der Waals surface area contributed by atoms with Gasteiger partial charge in [-0.15, -0.1) is 0 Å². The Bertz CT molecular complexity index is 1530. The second kappa shape index (κ2) is 8.20. The summed E-state index contributed by atoms with van der Waals surface area (Å²) in [5.74, 6) is 0.967. The Hall–Kier alpha value is -4.36. The molecule has 1 aliphatic heterocycles. The maximum absolute atomic E-state index is 13.1. The highest BCUT2D eigenvalue weighted by Gasteiger charge is 2.20. The number of carbonyl (C=O) groups excluding carboxylic acids is 1. The zero-order valence-corrected chi connectivity index (χ0v) is 18.1. The topological polar surface area (TPSA) is 96.5 Å². The average molecular weight is 451 g/mol. The van der Waals surface area contributed by atoms with E-state index in [1.807, 2.05) is 72.8 Å². The van der Waals surface area contributed by atoms with Crippen molar-refractivity contribution in [2.45, 2.75) is 6.10 Å². The first-order valence-electron chi connectivity index (χ1n) is 11.0. The number of carbonyl (C=O) groups is 1. The molecule has 0 radical (unpaired) electrons. The number of hydrogen-bond donors (Lipinski definition) is 3. The molecule has 168 valence electrons. The maximum Gasteiger partial charge on any atom is 0.270 e. The van der Waals surface area contributed by atoms with Crippen LogP contribution in [-0.2, 0) is 0 Å². The number of rotatable bonds is 5. The molecule has 3 heterocycles. The molecule has 7 heteroatoms. The van der Waals surface area contributed by atoms with E-state index in [4.69, 9.17) is 14.5 Å². The number of nitrogens with one attached hydrogen (secondary N) is 2. The molecule has 34 heavy (non-hydrogen) atoms. The Morgan fingerprint density at radius 2 is 1.76 bits per heavy atom. The molecular formula is C27H21N3O4. The van der Waals surface area contributed by atoms with Gasteiger partial charge in [0.05, 0.1) is 17.3 Å². The third-order valence-electron chi connectivity index (χ3n) is 6.02. The van der Waals surface area contributed by atoms with Crippen molar-refractivity contribution in [3.63, 3.8) is 0 Å². The Morgan fingerprint density at radius 1 is 0.971 bits per heavy atom. The number of ether oxygens (including phenoxy) is 2. The van der Waals surface area contributed by atoms with Gasteiger partial charge in [-0.25, -0.2) is 4.98 Å². The smallest absolute Gasteiger partial charge is 0.270 e. The lowest BCUT2D eigenvalue weighted by molar-refractivity contribution is 0.0911. The fraction of sp³-hybridized carbons (Fsp3) is 0.111. The molecule has 1 amide bonds. The van der Waals surface area contributed by atoms with E-state index in [0.29, 0.717) is 17.2 Å². The molecule has 2 aromatic heterocycles. The molecule has 3 N–H and O–H groups in total. The summed E-state index contributed by atoms with van der Waals surface area (Å²) in [6.45, 7) is 0.260. The Labute approximate surface area is 195 Å². The van der Waals surface area contributed by atoms with E-state index in [1.54, 1.807) is 6.07 Å². The fourth-order valence-electron chi connectivity index (χ4n) is 4.29. The first-order valence-corrected chi connectivity index (χ1v) is 11.0. The molecule has 5 aromatic rings. The van der Waals surface area contributed by atoms with Crippen LogP contribution in [0.3, 0.4) is 0 Å². The average Bonchev–Trinajstić information content (AvgIpc) is 3.51. The number of nitrogens with zero attached hydrogens (tertiary/aromatic N) is 1. The molecule has 0 spiro atoms. The minimum Gasteiger partial charge on any atom is -0.454 e. The summed E-state index contributed by atoms with van der Waals surface area (Å²) in [6.07, 6.45) is -0.810. The summed E-state index contributed by atoms with van der Waals surface area (Å²) in [7, 11) is 0. The highest BCUT2D eigenvalue weighted by Crippen LogP contribution is 2.38. The Morgan fingerprint density at radius 3 is 2.65 bits per heavy atom. The third kappa shape index (κ3) is 3.52. The van der Waals surface area contributed by atoms with Crippen LogP contribution in [0.4, 0.5) is 0 Å². The number of pyridine rings is 1. The van der Waals surface area contributed by atoms with Gasteiger partial charge in [0.2, 0.25) is 6.79 Å². The molecule has 7 nitrogen and oxygen atoms in total. The van der Waals surface area contributed by atoms with Crippen molar-refractivity contribution in [3.05, 3.63) is 90.1 Å². The van der Waals surface area contributed by atoms with Crippen molar-refractivity contribution in [2.24, 2.45) is 0 Å². The number of fused-ring (bicyclic) bond motifs is 4. The van der Waals surface area contributed by atoms with Gasteiger partial charge < -0.3 is 24.9 Å². The van der Waals surface area contributed by atoms with Crippen LogP contribution >= 0.6 is 0 Å². The zero-order chi connectivity index (χ0) is 23.1.